The van der Waals surface area contributed by atoms with Crippen LogP contribution in [0.1, 0.15) is 17.2 Å². The third-order valence-electron chi connectivity index (χ3n) is 2.49. The first-order valence-electron chi connectivity index (χ1n) is 4.14. The summed E-state index contributed by atoms with van der Waals surface area (Å²) >= 11 is 5.93. The van der Waals surface area contributed by atoms with E-state index in [4.69, 9.17) is 11.6 Å². The van der Waals surface area contributed by atoms with Crippen LogP contribution >= 0.6 is 11.6 Å². The van der Waals surface area contributed by atoms with Crippen molar-refractivity contribution < 1.29 is 9.90 Å². The van der Waals surface area contributed by atoms with Crippen LogP contribution in [0, 0.1) is 5.92 Å². The molecular weight excluding hydrogens is 188 g/mol. The average molecular weight is 197 g/mol. The van der Waals surface area contributed by atoms with Crippen LogP contribution in [0.2, 0.25) is 5.02 Å². The number of carbonyl (C=O) groups excluding carboxylic acids is 1. The summed E-state index contributed by atoms with van der Waals surface area (Å²) in [6.45, 7) is 0. The lowest BCUT2D eigenvalue weighted by Gasteiger charge is -2.06. The summed E-state index contributed by atoms with van der Waals surface area (Å²) in [5.74, 6) is -0.324. The Morgan fingerprint density at radius 2 is 2.31 bits per heavy atom. The van der Waals surface area contributed by atoms with Gasteiger partial charge in [-0.3, -0.25) is 0 Å². The Morgan fingerprint density at radius 1 is 1.54 bits per heavy atom. The van der Waals surface area contributed by atoms with Crippen molar-refractivity contribution in [1.29, 1.82) is 0 Å². The minimum atomic E-state index is -0.675. The molecule has 1 aromatic carbocycles. The van der Waals surface area contributed by atoms with Crippen molar-refractivity contribution in [1.82, 2.24) is 0 Å². The number of aldehydes is 1. The normalized spacial score (nSPS) is 25.7. The Balaban J connectivity index is 2.49. The first-order valence-corrected chi connectivity index (χ1v) is 4.52. The molecule has 0 saturated carbocycles. The fourth-order valence-corrected chi connectivity index (χ4v) is 2.03. The van der Waals surface area contributed by atoms with Gasteiger partial charge in [-0.1, -0.05) is 23.7 Å². The highest BCUT2D eigenvalue weighted by atomic mass is 35.5. The number of hydrogen-bond donors (Lipinski definition) is 1. The molecule has 0 unspecified atom stereocenters. The number of aliphatic hydroxyl groups is 1. The van der Waals surface area contributed by atoms with E-state index >= 15 is 0 Å². The smallest absolute Gasteiger partial charge is 0.126 e. The van der Waals surface area contributed by atoms with Gasteiger partial charge in [-0.25, -0.2) is 0 Å². The minimum Gasteiger partial charge on any atom is -0.388 e. The van der Waals surface area contributed by atoms with Crippen LogP contribution in [0.25, 0.3) is 0 Å². The molecule has 0 bridgehead atoms. The van der Waals surface area contributed by atoms with Crippen LogP contribution in [0.4, 0.5) is 0 Å². The molecule has 1 N–H and O–H groups in total. The number of benzene rings is 1. The van der Waals surface area contributed by atoms with Crippen LogP contribution in [-0.4, -0.2) is 11.4 Å². The molecule has 1 aliphatic carbocycles. The van der Waals surface area contributed by atoms with Crippen molar-refractivity contribution in [2.24, 2.45) is 5.92 Å². The van der Waals surface area contributed by atoms with E-state index in [-0.39, 0.29) is 5.92 Å². The van der Waals surface area contributed by atoms with Crippen molar-refractivity contribution in [3.63, 3.8) is 0 Å². The summed E-state index contributed by atoms with van der Waals surface area (Å²) in [5.41, 5.74) is 1.71. The lowest BCUT2D eigenvalue weighted by molar-refractivity contribution is -0.113. The van der Waals surface area contributed by atoms with Crippen LogP contribution in [0.3, 0.4) is 0 Å². The first-order chi connectivity index (χ1) is 6.24. The van der Waals surface area contributed by atoms with E-state index in [2.05, 4.69) is 0 Å². The molecule has 0 aliphatic heterocycles. The van der Waals surface area contributed by atoms with Crippen molar-refractivity contribution in [2.45, 2.75) is 12.5 Å². The van der Waals surface area contributed by atoms with Crippen LogP contribution in [0.5, 0.6) is 0 Å². The van der Waals surface area contributed by atoms with E-state index in [1.54, 1.807) is 12.1 Å². The topological polar surface area (TPSA) is 37.3 Å². The van der Waals surface area contributed by atoms with E-state index in [1.165, 1.54) is 0 Å². The van der Waals surface area contributed by atoms with Gasteiger partial charge in [0, 0.05) is 10.9 Å². The van der Waals surface area contributed by atoms with Gasteiger partial charge >= 0.3 is 0 Å². The highest BCUT2D eigenvalue weighted by Crippen LogP contribution is 2.38. The summed E-state index contributed by atoms with van der Waals surface area (Å²) in [6.07, 6.45) is 0.673. The average Bonchev–Trinajstić information content (AvgIpc) is 2.45. The zero-order chi connectivity index (χ0) is 9.42. The SMILES string of the molecule is O=C[C@@H]1Cc2c(Cl)cccc2[C@H]1O. The maximum absolute atomic E-state index is 10.6. The van der Waals surface area contributed by atoms with Gasteiger partial charge in [0.15, 0.2) is 0 Å². The number of rotatable bonds is 1. The predicted molar refractivity (Wildman–Crippen MR) is 49.7 cm³/mol. The fraction of sp³-hybridized carbons (Fsp3) is 0.300. The van der Waals surface area contributed by atoms with Gasteiger partial charge < -0.3 is 9.90 Å². The first kappa shape index (κ1) is 8.73. The maximum atomic E-state index is 10.6. The Bertz CT molecular complexity index is 349. The van der Waals surface area contributed by atoms with Gasteiger partial charge in [0.05, 0.1) is 6.10 Å². The molecule has 0 amide bonds. The second-order valence-electron chi connectivity index (χ2n) is 3.26. The van der Waals surface area contributed by atoms with E-state index in [9.17, 15) is 9.90 Å². The molecule has 0 radical (unpaired) electrons. The highest BCUT2D eigenvalue weighted by molar-refractivity contribution is 6.31. The number of carbonyl (C=O) groups is 1. The molecule has 13 heavy (non-hydrogen) atoms. The third kappa shape index (κ3) is 1.26. The molecule has 0 fully saturated rings. The van der Waals surface area contributed by atoms with Crippen molar-refractivity contribution in [3.8, 4) is 0 Å². The quantitative estimate of drug-likeness (QED) is 0.695. The summed E-state index contributed by atoms with van der Waals surface area (Å²) in [6, 6.07) is 5.38. The maximum Gasteiger partial charge on any atom is 0.126 e. The largest absolute Gasteiger partial charge is 0.388 e. The molecule has 0 aromatic heterocycles. The zero-order valence-corrected chi connectivity index (χ0v) is 7.66. The van der Waals surface area contributed by atoms with E-state index < -0.39 is 6.10 Å². The second-order valence-corrected chi connectivity index (χ2v) is 3.66. The van der Waals surface area contributed by atoms with Gasteiger partial charge in [-0.05, 0) is 23.6 Å². The van der Waals surface area contributed by atoms with E-state index in [1.807, 2.05) is 6.07 Å². The molecule has 3 heteroatoms. The minimum absolute atomic E-state index is 0.324. The third-order valence-corrected chi connectivity index (χ3v) is 2.85. The Labute approximate surface area is 81.1 Å². The monoisotopic (exact) mass is 196 g/mol. The molecule has 2 atom stereocenters. The van der Waals surface area contributed by atoms with Crippen molar-refractivity contribution in [3.05, 3.63) is 34.3 Å². The van der Waals surface area contributed by atoms with E-state index in [0.29, 0.717) is 11.4 Å². The van der Waals surface area contributed by atoms with Gasteiger partial charge in [-0.2, -0.15) is 0 Å². The Morgan fingerprint density at radius 3 is 2.92 bits per heavy atom. The molecule has 0 heterocycles. The number of hydrogen-bond acceptors (Lipinski definition) is 2. The highest BCUT2D eigenvalue weighted by Gasteiger charge is 2.31. The summed E-state index contributed by atoms with van der Waals surface area (Å²) in [5, 5.41) is 10.3. The molecule has 0 spiro atoms. The van der Waals surface area contributed by atoms with Crippen molar-refractivity contribution in [2.75, 3.05) is 0 Å². The van der Waals surface area contributed by atoms with Crippen LogP contribution < -0.4 is 0 Å². The lowest BCUT2D eigenvalue weighted by Crippen LogP contribution is -2.07. The van der Waals surface area contributed by atoms with Crippen LogP contribution in [-0.2, 0) is 11.2 Å². The Kier molecular flexibility index (Phi) is 2.10. The summed E-state index contributed by atoms with van der Waals surface area (Å²) < 4.78 is 0. The van der Waals surface area contributed by atoms with Crippen molar-refractivity contribution >= 4 is 17.9 Å². The zero-order valence-electron chi connectivity index (χ0n) is 6.90. The standard InChI is InChI=1S/C10H9ClO2/c11-9-3-1-2-7-8(9)4-6(5-12)10(7)13/h1-3,5-6,10,13H,4H2/t6-,10-/m0/s1. The molecule has 2 rings (SSSR count). The van der Waals surface area contributed by atoms with Crippen LogP contribution in [0.15, 0.2) is 18.2 Å². The molecule has 1 aliphatic rings. The van der Waals surface area contributed by atoms with Gasteiger partial charge in [-0.15, -0.1) is 0 Å². The second kappa shape index (κ2) is 3.13. The van der Waals surface area contributed by atoms with E-state index in [0.717, 1.165) is 17.4 Å². The summed E-state index contributed by atoms with van der Waals surface area (Å²) in [7, 11) is 0. The van der Waals surface area contributed by atoms with Gasteiger partial charge in [0.1, 0.15) is 6.29 Å². The predicted octanol–water partition coefficient (Wildman–Crippen LogP) is 1.74. The molecule has 0 saturated heterocycles. The molecule has 68 valence electrons. The molecule has 1 aromatic rings. The number of halogens is 1. The lowest BCUT2D eigenvalue weighted by atomic mass is 10.1. The van der Waals surface area contributed by atoms with Gasteiger partial charge in [0.25, 0.3) is 0 Å². The summed E-state index contributed by atoms with van der Waals surface area (Å²) in [4.78, 5) is 10.6. The fourth-order valence-electron chi connectivity index (χ4n) is 1.77. The molecule has 2 nitrogen and oxygen atoms in total. The molecular formula is C10H9ClO2. The number of fused-ring (bicyclic) bond motifs is 1. The van der Waals surface area contributed by atoms with Gasteiger partial charge in [0.2, 0.25) is 0 Å². The Hall–Kier alpha value is -0.860. The number of aliphatic hydroxyl groups excluding tert-OH is 1.